The Hall–Kier alpha value is -2.62. The topological polar surface area (TPSA) is 87.7 Å². The summed E-state index contributed by atoms with van der Waals surface area (Å²) in [6.07, 6.45) is 1.09. The number of nitrogens with zero attached hydrogens (tertiary/aromatic N) is 3. The van der Waals surface area contributed by atoms with Crippen molar-refractivity contribution in [3.8, 4) is 17.7 Å². The number of benzene rings is 1. The minimum Gasteiger partial charge on any atom is -0.369 e. The van der Waals surface area contributed by atoms with Crippen molar-refractivity contribution >= 4 is 11.6 Å². The number of hydrogen-bond donors (Lipinski definition) is 1. The number of halogens is 1. The van der Waals surface area contributed by atoms with Gasteiger partial charge in [0, 0.05) is 18.3 Å². The molecule has 7 heteroatoms. The normalized spacial score (nSPS) is 12.0. The van der Waals surface area contributed by atoms with Crippen LogP contribution in [0.3, 0.4) is 0 Å². The maximum absolute atomic E-state index is 8.83. The second kappa shape index (κ2) is 6.02. The molecule has 0 aliphatic carbocycles. The predicted molar refractivity (Wildman–Crippen MR) is 79.1 cm³/mol. The van der Waals surface area contributed by atoms with Gasteiger partial charge in [0.1, 0.15) is 17.9 Å². The summed E-state index contributed by atoms with van der Waals surface area (Å²) >= 11 is 6.00. The molecule has 6 nitrogen and oxygen atoms in total. The van der Waals surface area contributed by atoms with Crippen LogP contribution in [0.15, 0.2) is 41.1 Å². The van der Waals surface area contributed by atoms with Crippen molar-refractivity contribution in [1.82, 2.24) is 15.1 Å². The van der Waals surface area contributed by atoms with Gasteiger partial charge >= 0.3 is 0 Å². The van der Waals surface area contributed by atoms with Crippen LogP contribution in [0.1, 0.15) is 23.1 Å². The molecule has 0 radical (unpaired) electrons. The van der Waals surface area contributed by atoms with Gasteiger partial charge in [-0.25, -0.2) is 0 Å². The number of H-pyrrole nitrogens is 1. The number of methoxy groups -OCH3 is 1. The Morgan fingerprint density at radius 3 is 2.95 bits per heavy atom. The maximum atomic E-state index is 8.83. The summed E-state index contributed by atoms with van der Waals surface area (Å²) in [7, 11) is 1.56. The van der Waals surface area contributed by atoms with Gasteiger partial charge < -0.3 is 14.2 Å². The van der Waals surface area contributed by atoms with Crippen LogP contribution in [-0.2, 0) is 4.74 Å². The molecule has 0 bridgehead atoms. The molecule has 0 unspecified atom stereocenters. The van der Waals surface area contributed by atoms with Crippen molar-refractivity contribution < 1.29 is 9.26 Å². The standard InChI is InChI=1S/C15H11ClN4O2/c1-21-13(10-3-2-4-11(16)6-10)14-19-15(22-20-14)12-5-9(7-17)8-18-12/h2-6,8,13,18H,1H3/t13-/m0/s1. The zero-order valence-electron chi connectivity index (χ0n) is 11.6. The monoisotopic (exact) mass is 314 g/mol. The summed E-state index contributed by atoms with van der Waals surface area (Å²) in [5.41, 5.74) is 1.90. The molecule has 110 valence electrons. The average molecular weight is 315 g/mol. The minimum atomic E-state index is -0.485. The zero-order valence-corrected chi connectivity index (χ0v) is 12.3. The Balaban J connectivity index is 1.93. The number of nitrogens with one attached hydrogen (secondary N) is 1. The molecule has 0 saturated heterocycles. The van der Waals surface area contributed by atoms with Crippen LogP contribution < -0.4 is 0 Å². The van der Waals surface area contributed by atoms with Crippen LogP contribution in [0.5, 0.6) is 0 Å². The average Bonchev–Trinajstić information content (AvgIpc) is 3.17. The van der Waals surface area contributed by atoms with Crippen molar-refractivity contribution in [2.24, 2.45) is 0 Å². The SMILES string of the molecule is CO[C@@H](c1cccc(Cl)c1)c1noc(-c2cc(C#N)c[nH]2)n1. The first-order chi connectivity index (χ1) is 10.7. The van der Waals surface area contributed by atoms with Crippen LogP contribution in [0.25, 0.3) is 11.6 Å². The van der Waals surface area contributed by atoms with E-state index in [1.165, 1.54) is 0 Å². The Morgan fingerprint density at radius 2 is 2.27 bits per heavy atom. The first kappa shape index (κ1) is 14.3. The lowest BCUT2D eigenvalue weighted by Crippen LogP contribution is -2.05. The highest BCUT2D eigenvalue weighted by Crippen LogP contribution is 2.27. The van der Waals surface area contributed by atoms with Gasteiger partial charge in [-0.15, -0.1) is 0 Å². The van der Waals surface area contributed by atoms with Crippen molar-refractivity contribution in [2.45, 2.75) is 6.10 Å². The highest BCUT2D eigenvalue weighted by molar-refractivity contribution is 6.30. The third kappa shape index (κ3) is 2.72. The summed E-state index contributed by atoms with van der Waals surface area (Å²) in [5, 5.41) is 13.4. The summed E-state index contributed by atoms with van der Waals surface area (Å²) in [6, 6.07) is 10.9. The van der Waals surface area contributed by atoms with Crippen LogP contribution in [-0.4, -0.2) is 22.2 Å². The lowest BCUT2D eigenvalue weighted by Gasteiger charge is -2.11. The summed E-state index contributed by atoms with van der Waals surface area (Å²) in [4.78, 5) is 7.23. The molecule has 0 fully saturated rings. The Bertz CT molecular complexity index is 834. The van der Waals surface area contributed by atoms with E-state index in [0.29, 0.717) is 28.0 Å². The van der Waals surface area contributed by atoms with E-state index >= 15 is 0 Å². The number of rotatable bonds is 4. The Morgan fingerprint density at radius 1 is 1.41 bits per heavy atom. The molecular weight excluding hydrogens is 304 g/mol. The third-order valence-electron chi connectivity index (χ3n) is 3.11. The number of ether oxygens (including phenoxy) is 1. The number of aromatic nitrogens is 3. The van der Waals surface area contributed by atoms with E-state index in [2.05, 4.69) is 15.1 Å². The van der Waals surface area contributed by atoms with Crippen LogP contribution in [0.4, 0.5) is 0 Å². The predicted octanol–water partition coefficient (Wildman–Crippen LogP) is 3.33. The first-order valence-corrected chi connectivity index (χ1v) is 6.80. The van der Waals surface area contributed by atoms with E-state index in [1.807, 2.05) is 18.2 Å². The summed E-state index contributed by atoms with van der Waals surface area (Å²) in [6.45, 7) is 0. The van der Waals surface area contributed by atoms with Crippen molar-refractivity contribution in [1.29, 1.82) is 5.26 Å². The first-order valence-electron chi connectivity index (χ1n) is 6.42. The molecular formula is C15H11ClN4O2. The molecule has 22 heavy (non-hydrogen) atoms. The van der Waals surface area contributed by atoms with E-state index in [0.717, 1.165) is 5.56 Å². The Labute approximate surface area is 131 Å². The summed E-state index contributed by atoms with van der Waals surface area (Å²) in [5.74, 6) is 0.674. The number of hydrogen-bond acceptors (Lipinski definition) is 5. The molecule has 1 aromatic carbocycles. The molecule has 2 aromatic heterocycles. The van der Waals surface area contributed by atoms with Crippen LogP contribution >= 0.6 is 11.6 Å². The molecule has 0 aliphatic heterocycles. The van der Waals surface area contributed by atoms with Crippen molar-refractivity contribution in [2.75, 3.05) is 7.11 Å². The lowest BCUT2D eigenvalue weighted by molar-refractivity contribution is 0.126. The Kier molecular flexibility index (Phi) is 3.92. The third-order valence-corrected chi connectivity index (χ3v) is 3.34. The van der Waals surface area contributed by atoms with Gasteiger partial charge in [0.05, 0.1) is 5.56 Å². The van der Waals surface area contributed by atoms with Gasteiger partial charge in [-0.05, 0) is 23.8 Å². The van der Waals surface area contributed by atoms with Gasteiger partial charge in [0.25, 0.3) is 5.89 Å². The highest BCUT2D eigenvalue weighted by Gasteiger charge is 2.21. The summed E-state index contributed by atoms with van der Waals surface area (Å²) < 4.78 is 10.7. The van der Waals surface area contributed by atoms with Gasteiger partial charge in [0.2, 0.25) is 5.82 Å². The van der Waals surface area contributed by atoms with E-state index in [-0.39, 0.29) is 0 Å². The van der Waals surface area contributed by atoms with Crippen molar-refractivity contribution in [3.05, 3.63) is 58.5 Å². The van der Waals surface area contributed by atoms with Crippen LogP contribution in [0.2, 0.25) is 5.02 Å². The molecule has 3 rings (SSSR count). The highest BCUT2D eigenvalue weighted by atomic mass is 35.5. The van der Waals surface area contributed by atoms with E-state index in [1.54, 1.807) is 31.5 Å². The maximum Gasteiger partial charge on any atom is 0.274 e. The fourth-order valence-corrected chi connectivity index (χ4v) is 2.29. The fourth-order valence-electron chi connectivity index (χ4n) is 2.09. The van der Waals surface area contributed by atoms with Crippen LogP contribution in [0, 0.1) is 11.3 Å². The fraction of sp³-hybridized carbons (Fsp3) is 0.133. The molecule has 0 aliphatic rings. The van der Waals surface area contributed by atoms with E-state index < -0.39 is 6.10 Å². The molecule has 1 atom stereocenters. The van der Waals surface area contributed by atoms with E-state index in [9.17, 15) is 0 Å². The van der Waals surface area contributed by atoms with Crippen molar-refractivity contribution in [3.63, 3.8) is 0 Å². The second-order valence-corrected chi connectivity index (χ2v) is 4.98. The van der Waals surface area contributed by atoms with E-state index in [4.69, 9.17) is 26.1 Å². The molecule has 2 heterocycles. The zero-order chi connectivity index (χ0) is 15.5. The quantitative estimate of drug-likeness (QED) is 0.798. The van der Waals surface area contributed by atoms with Gasteiger partial charge in [-0.1, -0.05) is 28.9 Å². The van der Waals surface area contributed by atoms with Gasteiger partial charge in [0.15, 0.2) is 0 Å². The molecule has 3 aromatic rings. The number of nitriles is 1. The molecule has 0 amide bonds. The second-order valence-electron chi connectivity index (χ2n) is 4.54. The minimum absolute atomic E-state index is 0.292. The largest absolute Gasteiger partial charge is 0.369 e. The van der Waals surface area contributed by atoms with Gasteiger partial charge in [-0.2, -0.15) is 10.2 Å². The molecule has 0 spiro atoms. The van der Waals surface area contributed by atoms with Gasteiger partial charge in [-0.3, -0.25) is 0 Å². The number of aromatic amines is 1. The molecule has 1 N–H and O–H groups in total. The lowest BCUT2D eigenvalue weighted by atomic mass is 10.1. The molecule has 0 saturated carbocycles. The smallest absolute Gasteiger partial charge is 0.274 e.